The van der Waals surface area contributed by atoms with Gasteiger partial charge in [-0.05, 0) is 6.07 Å². The Balaban J connectivity index is 2.50. The summed E-state index contributed by atoms with van der Waals surface area (Å²) in [6.07, 6.45) is -0.774. The van der Waals surface area contributed by atoms with Crippen LogP contribution in [-0.2, 0) is 11.3 Å². The number of phenols is 1. The van der Waals surface area contributed by atoms with Gasteiger partial charge in [0, 0.05) is 5.56 Å². The first-order chi connectivity index (χ1) is 5.77. The molecular formula is C8H6O4. The molecule has 0 unspecified atom stereocenters. The number of carbonyl (C=O) groups excluding carboxylic acids is 1. The number of rotatable bonds is 0. The second kappa shape index (κ2) is 2.41. The normalized spacial score (nSPS) is 14.5. The largest absolute Gasteiger partial charge is 0.514 e. The van der Waals surface area contributed by atoms with Crippen molar-refractivity contribution in [1.82, 2.24) is 0 Å². The molecule has 0 spiro atoms. The zero-order valence-electron chi connectivity index (χ0n) is 6.11. The summed E-state index contributed by atoms with van der Waals surface area (Å²) >= 11 is 0. The van der Waals surface area contributed by atoms with Crippen molar-refractivity contribution in [3.63, 3.8) is 0 Å². The van der Waals surface area contributed by atoms with Crippen molar-refractivity contribution in [2.24, 2.45) is 0 Å². The quantitative estimate of drug-likeness (QED) is 0.467. The van der Waals surface area contributed by atoms with E-state index in [2.05, 4.69) is 9.47 Å². The number of fused-ring (bicyclic) bond motifs is 1. The molecule has 0 aromatic heterocycles. The summed E-state index contributed by atoms with van der Waals surface area (Å²) in [5.74, 6) is 0.165. The lowest BCUT2D eigenvalue weighted by Crippen LogP contribution is -2.17. The van der Waals surface area contributed by atoms with Crippen molar-refractivity contribution in [1.29, 1.82) is 0 Å². The van der Waals surface area contributed by atoms with E-state index in [1.54, 1.807) is 12.1 Å². The van der Waals surface area contributed by atoms with Crippen molar-refractivity contribution in [2.45, 2.75) is 6.61 Å². The number of cyclic esters (lactones) is 1. The summed E-state index contributed by atoms with van der Waals surface area (Å²) in [4.78, 5) is 10.6. The Morgan fingerprint density at radius 3 is 3.08 bits per heavy atom. The summed E-state index contributed by atoms with van der Waals surface area (Å²) in [5.41, 5.74) is 0.676. The number of aromatic hydroxyl groups is 1. The molecule has 0 amide bonds. The van der Waals surface area contributed by atoms with Gasteiger partial charge in [-0.3, -0.25) is 0 Å². The Kier molecular flexibility index (Phi) is 1.40. The molecule has 0 bridgehead atoms. The Morgan fingerprint density at radius 2 is 2.25 bits per heavy atom. The summed E-state index contributed by atoms with van der Waals surface area (Å²) in [5, 5.41) is 9.24. The number of hydrogen-bond acceptors (Lipinski definition) is 4. The monoisotopic (exact) mass is 166 g/mol. The maximum atomic E-state index is 10.6. The van der Waals surface area contributed by atoms with E-state index in [-0.39, 0.29) is 18.1 Å². The van der Waals surface area contributed by atoms with Gasteiger partial charge >= 0.3 is 6.16 Å². The van der Waals surface area contributed by atoms with Gasteiger partial charge in [0.1, 0.15) is 6.61 Å². The second-order valence-electron chi connectivity index (χ2n) is 2.41. The number of hydrogen-bond donors (Lipinski definition) is 1. The SMILES string of the molecule is O=C1OCc2cccc(O)c2O1. The van der Waals surface area contributed by atoms with E-state index in [9.17, 15) is 9.90 Å². The molecule has 1 heterocycles. The number of phenolic OH excluding ortho intramolecular Hbond substituents is 1. The van der Waals surface area contributed by atoms with Gasteiger partial charge in [0.2, 0.25) is 0 Å². The van der Waals surface area contributed by atoms with Crippen LogP contribution in [-0.4, -0.2) is 11.3 Å². The number of benzene rings is 1. The molecular weight excluding hydrogens is 160 g/mol. The molecule has 62 valence electrons. The first-order valence-electron chi connectivity index (χ1n) is 3.43. The molecule has 2 rings (SSSR count). The molecule has 0 saturated carbocycles. The molecule has 1 aliphatic rings. The lowest BCUT2D eigenvalue weighted by Gasteiger charge is -2.15. The van der Waals surface area contributed by atoms with Gasteiger partial charge in [0.05, 0.1) is 0 Å². The zero-order chi connectivity index (χ0) is 8.55. The summed E-state index contributed by atoms with van der Waals surface area (Å²) in [6.45, 7) is 0.155. The van der Waals surface area contributed by atoms with Crippen LogP contribution in [0.3, 0.4) is 0 Å². The summed E-state index contributed by atoms with van der Waals surface area (Å²) in [6, 6.07) is 4.84. The van der Waals surface area contributed by atoms with Crippen LogP contribution in [0.2, 0.25) is 0 Å². The minimum absolute atomic E-state index is 0.0378. The van der Waals surface area contributed by atoms with Gasteiger partial charge in [-0.2, -0.15) is 0 Å². The lowest BCUT2D eigenvalue weighted by atomic mass is 10.2. The van der Waals surface area contributed by atoms with Gasteiger partial charge in [0.15, 0.2) is 11.5 Å². The second-order valence-corrected chi connectivity index (χ2v) is 2.41. The third-order valence-corrected chi connectivity index (χ3v) is 1.61. The highest BCUT2D eigenvalue weighted by Gasteiger charge is 2.20. The molecule has 1 N–H and O–H groups in total. The van der Waals surface area contributed by atoms with Gasteiger partial charge in [0.25, 0.3) is 0 Å². The molecule has 4 nitrogen and oxygen atoms in total. The standard InChI is InChI=1S/C8H6O4/c9-6-3-1-2-5-4-11-8(10)12-7(5)6/h1-3,9H,4H2. The predicted octanol–water partition coefficient (Wildman–Crippen LogP) is 1.42. The average Bonchev–Trinajstić information content (AvgIpc) is 2.07. The van der Waals surface area contributed by atoms with Gasteiger partial charge in [-0.15, -0.1) is 0 Å². The number of carbonyl (C=O) groups is 1. The van der Waals surface area contributed by atoms with E-state index in [0.717, 1.165) is 0 Å². The van der Waals surface area contributed by atoms with Gasteiger partial charge in [-0.25, -0.2) is 4.79 Å². The molecule has 0 saturated heterocycles. The van der Waals surface area contributed by atoms with Crippen LogP contribution in [0.5, 0.6) is 11.5 Å². The average molecular weight is 166 g/mol. The lowest BCUT2D eigenvalue weighted by molar-refractivity contribution is 0.0769. The van der Waals surface area contributed by atoms with Crippen molar-refractivity contribution < 1.29 is 19.4 Å². The Labute approximate surface area is 68.3 Å². The van der Waals surface area contributed by atoms with Crippen LogP contribution in [0.4, 0.5) is 4.79 Å². The first-order valence-corrected chi connectivity index (χ1v) is 3.43. The van der Waals surface area contributed by atoms with E-state index in [1.807, 2.05) is 0 Å². The highest BCUT2D eigenvalue weighted by atomic mass is 16.7. The summed E-state index contributed by atoms with van der Waals surface area (Å²) in [7, 11) is 0. The minimum Gasteiger partial charge on any atom is -0.504 e. The highest BCUT2D eigenvalue weighted by Crippen LogP contribution is 2.33. The summed E-state index contributed by atoms with van der Waals surface area (Å²) < 4.78 is 9.24. The van der Waals surface area contributed by atoms with E-state index in [1.165, 1.54) is 6.07 Å². The van der Waals surface area contributed by atoms with Crippen LogP contribution >= 0.6 is 0 Å². The predicted molar refractivity (Wildman–Crippen MR) is 38.9 cm³/mol. The molecule has 1 aromatic carbocycles. The molecule has 4 heteroatoms. The first kappa shape index (κ1) is 6.97. The molecule has 12 heavy (non-hydrogen) atoms. The minimum atomic E-state index is -0.774. The maximum absolute atomic E-state index is 10.6. The molecule has 0 atom stereocenters. The van der Waals surface area contributed by atoms with Crippen molar-refractivity contribution in [3.8, 4) is 11.5 Å². The van der Waals surface area contributed by atoms with E-state index < -0.39 is 6.16 Å². The fourth-order valence-corrected chi connectivity index (χ4v) is 1.05. The highest BCUT2D eigenvalue weighted by molar-refractivity contribution is 5.68. The van der Waals surface area contributed by atoms with Crippen LogP contribution in [0.25, 0.3) is 0 Å². The smallest absolute Gasteiger partial charge is 0.504 e. The van der Waals surface area contributed by atoms with Crippen LogP contribution in [0, 0.1) is 0 Å². The fraction of sp³-hybridized carbons (Fsp3) is 0.125. The van der Waals surface area contributed by atoms with Gasteiger partial charge < -0.3 is 14.6 Å². The number of ether oxygens (including phenoxy) is 2. The molecule has 0 fully saturated rings. The van der Waals surface area contributed by atoms with Gasteiger partial charge in [-0.1, -0.05) is 12.1 Å². The van der Waals surface area contributed by atoms with E-state index >= 15 is 0 Å². The molecule has 0 radical (unpaired) electrons. The third kappa shape index (κ3) is 0.972. The van der Waals surface area contributed by atoms with Crippen LogP contribution in [0.1, 0.15) is 5.56 Å². The Hall–Kier alpha value is -1.71. The Morgan fingerprint density at radius 1 is 1.42 bits per heavy atom. The van der Waals surface area contributed by atoms with E-state index in [0.29, 0.717) is 5.56 Å². The van der Waals surface area contributed by atoms with Crippen molar-refractivity contribution >= 4 is 6.16 Å². The maximum Gasteiger partial charge on any atom is 0.514 e. The zero-order valence-corrected chi connectivity index (χ0v) is 6.11. The van der Waals surface area contributed by atoms with Crippen LogP contribution in [0.15, 0.2) is 18.2 Å². The Bertz CT molecular complexity index is 332. The third-order valence-electron chi connectivity index (χ3n) is 1.61. The molecule has 1 aliphatic heterocycles. The van der Waals surface area contributed by atoms with E-state index in [4.69, 9.17) is 0 Å². The fourth-order valence-electron chi connectivity index (χ4n) is 1.05. The molecule has 1 aromatic rings. The van der Waals surface area contributed by atoms with Crippen molar-refractivity contribution in [2.75, 3.05) is 0 Å². The van der Waals surface area contributed by atoms with Crippen LogP contribution < -0.4 is 4.74 Å². The molecule has 0 aliphatic carbocycles. The topological polar surface area (TPSA) is 55.8 Å². The van der Waals surface area contributed by atoms with Crippen molar-refractivity contribution in [3.05, 3.63) is 23.8 Å². The number of para-hydroxylation sites is 1.